The molecule has 1 unspecified atom stereocenters. The first-order valence-corrected chi connectivity index (χ1v) is 6.50. The van der Waals surface area contributed by atoms with Crippen molar-refractivity contribution < 1.29 is 14.2 Å². The Morgan fingerprint density at radius 2 is 2.16 bits per heavy atom. The molecule has 0 fully saturated rings. The average molecular weight is 326 g/mol. The standard InChI is InChI=1S/C14H13BrFNO2/c1-19-14-3-2-9(4-12(14)16)5-13(18)10-6-11(15)8-17-7-10/h2-4,6-8,13,18H,5H2,1H3. The number of hydrogen-bond acceptors (Lipinski definition) is 3. The quantitative estimate of drug-likeness (QED) is 0.938. The molecule has 0 aliphatic heterocycles. The maximum absolute atomic E-state index is 13.5. The van der Waals surface area contributed by atoms with Gasteiger partial charge in [-0.15, -0.1) is 0 Å². The number of rotatable bonds is 4. The van der Waals surface area contributed by atoms with Gasteiger partial charge in [-0.1, -0.05) is 6.07 Å². The molecule has 1 N–H and O–H groups in total. The Morgan fingerprint density at radius 1 is 1.37 bits per heavy atom. The van der Waals surface area contributed by atoms with Crippen LogP contribution in [-0.4, -0.2) is 17.2 Å². The molecule has 1 atom stereocenters. The van der Waals surface area contributed by atoms with Gasteiger partial charge < -0.3 is 9.84 Å². The predicted molar refractivity (Wildman–Crippen MR) is 73.6 cm³/mol. The second-order valence-electron chi connectivity index (χ2n) is 4.13. The van der Waals surface area contributed by atoms with Crippen molar-refractivity contribution in [3.63, 3.8) is 0 Å². The van der Waals surface area contributed by atoms with Crippen molar-refractivity contribution >= 4 is 15.9 Å². The van der Waals surface area contributed by atoms with Crippen molar-refractivity contribution in [1.82, 2.24) is 4.98 Å². The minimum absolute atomic E-state index is 0.197. The molecule has 0 amide bonds. The number of nitrogens with zero attached hydrogens (tertiary/aromatic N) is 1. The van der Waals surface area contributed by atoms with E-state index < -0.39 is 11.9 Å². The number of pyridine rings is 1. The molecule has 1 heterocycles. The summed E-state index contributed by atoms with van der Waals surface area (Å²) in [5.41, 5.74) is 1.39. The zero-order chi connectivity index (χ0) is 13.8. The molecular weight excluding hydrogens is 313 g/mol. The highest BCUT2D eigenvalue weighted by Crippen LogP contribution is 2.23. The summed E-state index contributed by atoms with van der Waals surface area (Å²) >= 11 is 3.30. The zero-order valence-corrected chi connectivity index (χ0v) is 11.9. The summed E-state index contributed by atoms with van der Waals surface area (Å²) in [5, 5.41) is 10.1. The van der Waals surface area contributed by atoms with E-state index in [2.05, 4.69) is 20.9 Å². The summed E-state index contributed by atoms with van der Waals surface area (Å²) in [5.74, 6) is -0.234. The molecule has 0 spiro atoms. The highest BCUT2D eigenvalue weighted by atomic mass is 79.9. The van der Waals surface area contributed by atoms with E-state index in [4.69, 9.17) is 4.74 Å². The third kappa shape index (κ3) is 3.52. The molecule has 5 heteroatoms. The molecule has 100 valence electrons. The number of aliphatic hydroxyl groups excluding tert-OH is 1. The number of aromatic nitrogens is 1. The Bertz CT molecular complexity index is 577. The summed E-state index contributed by atoms with van der Waals surface area (Å²) < 4.78 is 19.2. The Balaban J connectivity index is 2.14. The highest BCUT2D eigenvalue weighted by molar-refractivity contribution is 9.10. The lowest BCUT2D eigenvalue weighted by Crippen LogP contribution is -2.03. The fourth-order valence-corrected chi connectivity index (χ4v) is 2.17. The lowest BCUT2D eigenvalue weighted by atomic mass is 10.0. The molecule has 0 bridgehead atoms. The number of methoxy groups -OCH3 is 1. The van der Waals surface area contributed by atoms with E-state index >= 15 is 0 Å². The summed E-state index contributed by atoms with van der Waals surface area (Å²) in [4.78, 5) is 3.99. The molecule has 1 aromatic heterocycles. The second kappa shape index (κ2) is 6.12. The van der Waals surface area contributed by atoms with Crippen molar-refractivity contribution in [2.75, 3.05) is 7.11 Å². The molecule has 0 saturated heterocycles. The van der Waals surface area contributed by atoms with E-state index in [9.17, 15) is 9.50 Å². The van der Waals surface area contributed by atoms with Gasteiger partial charge in [0, 0.05) is 28.9 Å². The molecular formula is C14H13BrFNO2. The Hall–Kier alpha value is -1.46. The maximum atomic E-state index is 13.5. The van der Waals surface area contributed by atoms with Gasteiger partial charge in [0.25, 0.3) is 0 Å². The fraction of sp³-hybridized carbons (Fsp3) is 0.214. The van der Waals surface area contributed by atoms with Crippen molar-refractivity contribution in [2.45, 2.75) is 12.5 Å². The third-order valence-corrected chi connectivity index (χ3v) is 3.19. The molecule has 2 aromatic rings. The first-order chi connectivity index (χ1) is 9.10. The summed E-state index contributed by atoms with van der Waals surface area (Å²) in [7, 11) is 1.42. The van der Waals surface area contributed by atoms with E-state index in [1.54, 1.807) is 30.6 Å². The lowest BCUT2D eigenvalue weighted by molar-refractivity contribution is 0.178. The van der Waals surface area contributed by atoms with Gasteiger partial charge >= 0.3 is 0 Å². The lowest BCUT2D eigenvalue weighted by Gasteiger charge is -2.12. The van der Waals surface area contributed by atoms with Gasteiger partial charge in [0.2, 0.25) is 0 Å². The van der Waals surface area contributed by atoms with Crippen LogP contribution in [0.2, 0.25) is 0 Å². The van der Waals surface area contributed by atoms with Crippen LogP contribution in [0.15, 0.2) is 41.1 Å². The smallest absolute Gasteiger partial charge is 0.165 e. The van der Waals surface area contributed by atoms with E-state index in [1.165, 1.54) is 13.2 Å². The predicted octanol–water partition coefficient (Wildman–Crippen LogP) is 3.27. The van der Waals surface area contributed by atoms with Gasteiger partial charge in [0.1, 0.15) is 0 Å². The van der Waals surface area contributed by atoms with Crippen LogP contribution in [0.4, 0.5) is 4.39 Å². The number of aliphatic hydroxyl groups is 1. The average Bonchev–Trinajstić information content (AvgIpc) is 2.39. The van der Waals surface area contributed by atoms with Gasteiger partial charge in [-0.05, 0) is 39.7 Å². The van der Waals surface area contributed by atoms with Crippen LogP contribution >= 0.6 is 15.9 Å². The van der Waals surface area contributed by atoms with Crippen LogP contribution < -0.4 is 4.74 Å². The topological polar surface area (TPSA) is 42.4 Å². The van der Waals surface area contributed by atoms with Crippen molar-refractivity contribution in [3.8, 4) is 5.75 Å². The molecule has 0 aliphatic rings. The Labute approximate surface area is 119 Å². The fourth-order valence-electron chi connectivity index (χ4n) is 1.79. The zero-order valence-electron chi connectivity index (χ0n) is 10.3. The van der Waals surface area contributed by atoms with E-state index in [1.807, 2.05) is 0 Å². The number of ether oxygens (including phenoxy) is 1. The van der Waals surface area contributed by atoms with Crippen molar-refractivity contribution in [2.24, 2.45) is 0 Å². The minimum atomic E-state index is -0.724. The molecule has 19 heavy (non-hydrogen) atoms. The van der Waals surface area contributed by atoms with Crippen molar-refractivity contribution in [1.29, 1.82) is 0 Å². The Kier molecular flexibility index (Phi) is 4.50. The SMILES string of the molecule is COc1ccc(CC(O)c2cncc(Br)c2)cc1F. The molecule has 2 rings (SSSR count). The molecule has 0 aliphatic carbocycles. The van der Waals surface area contributed by atoms with Gasteiger partial charge in [0.15, 0.2) is 11.6 Å². The summed E-state index contributed by atoms with van der Waals surface area (Å²) in [6.45, 7) is 0. The molecule has 0 radical (unpaired) electrons. The molecule has 1 aromatic carbocycles. The minimum Gasteiger partial charge on any atom is -0.494 e. The van der Waals surface area contributed by atoms with Crippen LogP contribution in [0.5, 0.6) is 5.75 Å². The van der Waals surface area contributed by atoms with Crippen LogP contribution in [0.1, 0.15) is 17.2 Å². The molecule has 0 saturated carbocycles. The van der Waals surface area contributed by atoms with Gasteiger partial charge in [-0.3, -0.25) is 4.98 Å². The van der Waals surface area contributed by atoms with Crippen LogP contribution in [0, 0.1) is 5.82 Å². The first kappa shape index (κ1) is 14.0. The number of halogens is 2. The van der Waals surface area contributed by atoms with E-state index in [0.717, 1.165) is 4.47 Å². The largest absolute Gasteiger partial charge is 0.494 e. The Morgan fingerprint density at radius 3 is 2.79 bits per heavy atom. The third-order valence-electron chi connectivity index (χ3n) is 2.76. The number of benzene rings is 1. The summed E-state index contributed by atoms with van der Waals surface area (Å²) in [6.07, 6.45) is 2.83. The second-order valence-corrected chi connectivity index (χ2v) is 5.04. The van der Waals surface area contributed by atoms with Crippen LogP contribution in [0.25, 0.3) is 0 Å². The van der Waals surface area contributed by atoms with Crippen LogP contribution in [0.3, 0.4) is 0 Å². The summed E-state index contributed by atoms with van der Waals surface area (Å²) in [6, 6.07) is 6.44. The number of hydrogen-bond donors (Lipinski definition) is 1. The van der Waals surface area contributed by atoms with Crippen LogP contribution in [-0.2, 0) is 6.42 Å². The van der Waals surface area contributed by atoms with Gasteiger partial charge in [0.05, 0.1) is 13.2 Å². The van der Waals surface area contributed by atoms with Gasteiger partial charge in [-0.2, -0.15) is 0 Å². The van der Waals surface area contributed by atoms with Gasteiger partial charge in [-0.25, -0.2) is 4.39 Å². The van der Waals surface area contributed by atoms with E-state index in [-0.39, 0.29) is 5.75 Å². The normalized spacial score (nSPS) is 12.2. The van der Waals surface area contributed by atoms with E-state index in [0.29, 0.717) is 17.5 Å². The monoisotopic (exact) mass is 325 g/mol. The molecule has 3 nitrogen and oxygen atoms in total. The highest BCUT2D eigenvalue weighted by Gasteiger charge is 2.11. The maximum Gasteiger partial charge on any atom is 0.165 e. The van der Waals surface area contributed by atoms with Crippen molar-refractivity contribution in [3.05, 3.63) is 58.1 Å². The first-order valence-electron chi connectivity index (χ1n) is 5.71.